The summed E-state index contributed by atoms with van der Waals surface area (Å²) in [5.74, 6) is 0.153. The fraction of sp³-hybridized carbons (Fsp3) is 0.0500. The van der Waals surface area contributed by atoms with Gasteiger partial charge in [0.1, 0.15) is 11.6 Å². The van der Waals surface area contributed by atoms with E-state index in [9.17, 15) is 12.8 Å². The number of aromatic nitrogens is 1. The molecular formula is C20H14ClFN2O4S. The number of halogens is 2. The summed E-state index contributed by atoms with van der Waals surface area (Å²) in [4.78, 5) is 4.19. The molecule has 1 N–H and O–H groups in total. The maximum absolute atomic E-state index is 13.2. The van der Waals surface area contributed by atoms with Gasteiger partial charge in [-0.1, -0.05) is 11.6 Å². The largest absolute Gasteiger partial charge is 0.467 e. The van der Waals surface area contributed by atoms with E-state index >= 15 is 0 Å². The molecule has 0 aliphatic rings. The first kappa shape index (κ1) is 19.2. The van der Waals surface area contributed by atoms with E-state index in [4.69, 9.17) is 20.4 Å². The van der Waals surface area contributed by atoms with E-state index in [0.717, 1.165) is 0 Å². The Balaban J connectivity index is 1.77. The SMILES string of the molecule is O=S(=O)(c1ccc(Cl)cc1)c1nc(-c2ccc(F)cc2)oc1NCc1ccco1. The molecule has 2 aromatic heterocycles. The molecule has 0 aliphatic carbocycles. The van der Waals surface area contributed by atoms with E-state index in [1.54, 1.807) is 12.1 Å². The monoisotopic (exact) mass is 432 g/mol. The van der Waals surface area contributed by atoms with Crippen molar-refractivity contribution in [1.29, 1.82) is 0 Å². The summed E-state index contributed by atoms with van der Waals surface area (Å²) in [5, 5.41) is 3.03. The number of nitrogens with one attached hydrogen (secondary N) is 1. The Morgan fingerprint density at radius 2 is 1.76 bits per heavy atom. The van der Waals surface area contributed by atoms with Gasteiger partial charge in [0.25, 0.3) is 0 Å². The number of sulfone groups is 1. The highest BCUT2D eigenvalue weighted by atomic mass is 35.5. The zero-order valence-corrected chi connectivity index (χ0v) is 16.4. The minimum absolute atomic E-state index is 0.0157. The van der Waals surface area contributed by atoms with Gasteiger partial charge in [0.15, 0.2) is 0 Å². The van der Waals surface area contributed by atoms with Crippen LogP contribution in [0.1, 0.15) is 5.76 Å². The second-order valence-electron chi connectivity index (χ2n) is 6.05. The second kappa shape index (κ2) is 7.73. The quantitative estimate of drug-likeness (QED) is 0.452. The average molecular weight is 433 g/mol. The molecule has 29 heavy (non-hydrogen) atoms. The fourth-order valence-electron chi connectivity index (χ4n) is 2.62. The molecule has 4 rings (SSSR count). The molecule has 0 fully saturated rings. The van der Waals surface area contributed by atoms with Crippen LogP contribution in [0.15, 0.2) is 85.7 Å². The smallest absolute Gasteiger partial charge is 0.234 e. The lowest BCUT2D eigenvalue weighted by atomic mass is 10.2. The summed E-state index contributed by atoms with van der Waals surface area (Å²) < 4.78 is 50.4. The van der Waals surface area contributed by atoms with E-state index in [1.165, 1.54) is 54.8 Å². The van der Waals surface area contributed by atoms with Crippen molar-refractivity contribution in [2.75, 3.05) is 5.32 Å². The minimum atomic E-state index is -4.00. The molecule has 0 unspecified atom stereocenters. The molecule has 2 heterocycles. The Morgan fingerprint density at radius 3 is 2.41 bits per heavy atom. The number of oxazole rings is 1. The second-order valence-corrected chi connectivity index (χ2v) is 8.35. The van der Waals surface area contributed by atoms with Gasteiger partial charge < -0.3 is 14.2 Å². The number of anilines is 1. The van der Waals surface area contributed by atoms with Gasteiger partial charge in [-0.2, -0.15) is 4.98 Å². The predicted molar refractivity (Wildman–Crippen MR) is 105 cm³/mol. The van der Waals surface area contributed by atoms with Gasteiger partial charge >= 0.3 is 0 Å². The summed E-state index contributed by atoms with van der Waals surface area (Å²) in [6.45, 7) is 0.189. The number of furan rings is 1. The Kier molecular flexibility index (Phi) is 5.12. The number of benzene rings is 2. The molecule has 0 aliphatic heterocycles. The van der Waals surface area contributed by atoms with Gasteiger partial charge in [0, 0.05) is 10.6 Å². The lowest BCUT2D eigenvalue weighted by Gasteiger charge is -2.05. The summed E-state index contributed by atoms with van der Waals surface area (Å²) in [7, 11) is -4.00. The van der Waals surface area contributed by atoms with Gasteiger partial charge in [-0.3, -0.25) is 0 Å². The lowest BCUT2D eigenvalue weighted by molar-refractivity contribution is 0.511. The molecule has 6 nitrogen and oxygen atoms in total. The zero-order chi connectivity index (χ0) is 20.4. The number of hydrogen-bond donors (Lipinski definition) is 1. The molecule has 9 heteroatoms. The van der Waals surface area contributed by atoms with Gasteiger partial charge in [-0.15, -0.1) is 0 Å². The summed E-state index contributed by atoms with van der Waals surface area (Å²) in [6.07, 6.45) is 1.51. The van der Waals surface area contributed by atoms with Crippen molar-refractivity contribution in [3.63, 3.8) is 0 Å². The highest BCUT2D eigenvalue weighted by Gasteiger charge is 2.28. The van der Waals surface area contributed by atoms with Crippen LogP contribution < -0.4 is 5.32 Å². The van der Waals surface area contributed by atoms with Gasteiger partial charge in [0.2, 0.25) is 26.6 Å². The van der Waals surface area contributed by atoms with Crippen LogP contribution in [-0.2, 0) is 16.4 Å². The average Bonchev–Trinajstić information content (AvgIpc) is 3.37. The molecular weight excluding hydrogens is 419 g/mol. The lowest BCUT2D eigenvalue weighted by Crippen LogP contribution is -2.07. The fourth-order valence-corrected chi connectivity index (χ4v) is 4.03. The van der Waals surface area contributed by atoms with E-state index in [1.807, 2.05) is 0 Å². The van der Waals surface area contributed by atoms with Crippen molar-refractivity contribution in [1.82, 2.24) is 4.98 Å². The van der Waals surface area contributed by atoms with E-state index in [-0.39, 0.29) is 28.2 Å². The molecule has 0 spiro atoms. The molecule has 0 radical (unpaired) electrons. The molecule has 0 saturated carbocycles. The molecule has 4 aromatic rings. The van der Waals surface area contributed by atoms with Gasteiger partial charge in [-0.05, 0) is 60.7 Å². The molecule has 2 aromatic carbocycles. The first-order chi connectivity index (χ1) is 13.9. The van der Waals surface area contributed by atoms with Crippen molar-refractivity contribution < 1.29 is 21.6 Å². The summed E-state index contributed by atoms with van der Waals surface area (Å²) in [5.41, 5.74) is 0.435. The molecule has 0 amide bonds. The van der Waals surface area contributed by atoms with Crippen LogP contribution in [0.3, 0.4) is 0 Å². The Bertz CT molecular complexity index is 1220. The number of hydrogen-bond acceptors (Lipinski definition) is 6. The van der Waals surface area contributed by atoms with Crippen LogP contribution in [0.4, 0.5) is 10.3 Å². The Labute approximate surface area is 170 Å². The third-order valence-electron chi connectivity index (χ3n) is 4.07. The van der Waals surface area contributed by atoms with Gasteiger partial charge in [-0.25, -0.2) is 12.8 Å². The topological polar surface area (TPSA) is 85.3 Å². The Hall–Kier alpha value is -3.10. The molecule has 0 saturated heterocycles. The predicted octanol–water partition coefficient (Wildman–Crippen LogP) is 5.17. The maximum atomic E-state index is 13.2. The van der Waals surface area contributed by atoms with Crippen molar-refractivity contribution in [3.8, 4) is 11.5 Å². The summed E-state index contributed by atoms with van der Waals surface area (Å²) in [6, 6.07) is 14.6. The van der Waals surface area contributed by atoms with E-state index in [0.29, 0.717) is 16.3 Å². The highest BCUT2D eigenvalue weighted by Crippen LogP contribution is 2.33. The van der Waals surface area contributed by atoms with Crippen LogP contribution >= 0.6 is 11.6 Å². The molecule has 148 valence electrons. The third kappa shape index (κ3) is 4.03. The minimum Gasteiger partial charge on any atom is -0.467 e. The van der Waals surface area contributed by atoms with Crippen molar-refractivity contribution in [3.05, 3.63) is 83.5 Å². The van der Waals surface area contributed by atoms with Crippen LogP contribution in [0.2, 0.25) is 5.02 Å². The van der Waals surface area contributed by atoms with Crippen molar-refractivity contribution in [2.45, 2.75) is 16.5 Å². The normalized spacial score (nSPS) is 11.5. The first-order valence-corrected chi connectivity index (χ1v) is 10.3. The Morgan fingerprint density at radius 1 is 1.03 bits per heavy atom. The number of nitrogens with zero attached hydrogens (tertiary/aromatic N) is 1. The van der Waals surface area contributed by atoms with E-state index < -0.39 is 15.7 Å². The highest BCUT2D eigenvalue weighted by molar-refractivity contribution is 7.91. The maximum Gasteiger partial charge on any atom is 0.234 e. The van der Waals surface area contributed by atoms with E-state index in [2.05, 4.69) is 10.3 Å². The van der Waals surface area contributed by atoms with Crippen LogP contribution in [0.5, 0.6) is 0 Å². The first-order valence-electron chi connectivity index (χ1n) is 8.47. The summed E-state index contributed by atoms with van der Waals surface area (Å²) >= 11 is 5.86. The van der Waals surface area contributed by atoms with Gasteiger partial charge in [0.05, 0.1) is 17.7 Å². The zero-order valence-electron chi connectivity index (χ0n) is 14.8. The standard InChI is InChI=1S/C20H14ClFN2O4S/c21-14-5-9-17(10-6-14)29(25,26)20-19(23-12-16-2-1-11-27-16)28-18(24-20)13-3-7-15(22)8-4-13/h1-11,23H,12H2. The molecule has 0 bridgehead atoms. The van der Waals surface area contributed by atoms with Crippen LogP contribution in [0.25, 0.3) is 11.5 Å². The van der Waals surface area contributed by atoms with Crippen LogP contribution in [0, 0.1) is 5.82 Å². The van der Waals surface area contributed by atoms with Crippen molar-refractivity contribution >= 4 is 27.3 Å². The van der Waals surface area contributed by atoms with Crippen LogP contribution in [-0.4, -0.2) is 13.4 Å². The van der Waals surface area contributed by atoms with Crippen molar-refractivity contribution in [2.24, 2.45) is 0 Å². The number of rotatable bonds is 6. The molecule has 0 atom stereocenters. The third-order valence-corrected chi connectivity index (χ3v) is 6.00.